The van der Waals surface area contributed by atoms with Gasteiger partial charge in [-0.1, -0.05) is 11.6 Å². The van der Waals surface area contributed by atoms with Crippen LogP contribution in [0.3, 0.4) is 0 Å². The van der Waals surface area contributed by atoms with Crippen LogP contribution in [0.25, 0.3) is 0 Å². The summed E-state index contributed by atoms with van der Waals surface area (Å²) in [5.74, 6) is 0. The van der Waals surface area contributed by atoms with Crippen molar-refractivity contribution in [1.82, 2.24) is 15.3 Å². The van der Waals surface area contributed by atoms with Gasteiger partial charge in [0.1, 0.15) is 0 Å². The molecule has 84 valence electrons. The molecule has 0 aliphatic carbocycles. The molecule has 0 saturated carbocycles. The molecular formula is C10H16ClN3S. The molecule has 2 rings (SSSR count). The van der Waals surface area contributed by atoms with Gasteiger partial charge in [-0.05, 0) is 13.1 Å². The number of halogens is 1. The van der Waals surface area contributed by atoms with Crippen LogP contribution in [0.5, 0.6) is 0 Å². The van der Waals surface area contributed by atoms with Gasteiger partial charge >= 0.3 is 0 Å². The van der Waals surface area contributed by atoms with Gasteiger partial charge in [0.25, 0.3) is 0 Å². The van der Waals surface area contributed by atoms with Crippen LogP contribution in [-0.2, 0) is 6.54 Å². The maximum Gasteiger partial charge on any atom is 0.0516 e. The third-order valence-corrected chi connectivity index (χ3v) is 3.89. The lowest BCUT2D eigenvalue weighted by atomic mass is 10.4. The number of thiophene rings is 1. The molecule has 1 fully saturated rings. The van der Waals surface area contributed by atoms with Gasteiger partial charge in [0.15, 0.2) is 0 Å². The predicted octanol–water partition coefficient (Wildman–Crippen LogP) is 1.65. The number of rotatable bonds is 3. The zero-order chi connectivity index (χ0) is 10.7. The molecule has 0 spiro atoms. The molecule has 0 unspecified atom stereocenters. The van der Waals surface area contributed by atoms with E-state index in [0.29, 0.717) is 0 Å². The fraction of sp³-hybridized carbons (Fsp3) is 0.600. The third-order valence-electron chi connectivity index (χ3n) is 2.60. The van der Waals surface area contributed by atoms with Gasteiger partial charge in [0.2, 0.25) is 0 Å². The van der Waals surface area contributed by atoms with Gasteiger partial charge in [-0.15, -0.1) is 11.3 Å². The Morgan fingerprint density at radius 3 is 2.73 bits per heavy atom. The second-order valence-corrected chi connectivity index (χ2v) is 5.29. The summed E-state index contributed by atoms with van der Waals surface area (Å²) in [4.78, 5) is 3.64. The molecule has 1 aliphatic rings. The van der Waals surface area contributed by atoms with Crippen molar-refractivity contribution in [3.8, 4) is 0 Å². The molecule has 3 nitrogen and oxygen atoms in total. The Bertz CT molecular complexity index is 307. The zero-order valence-electron chi connectivity index (χ0n) is 8.87. The fourth-order valence-electron chi connectivity index (χ4n) is 1.60. The molecule has 0 atom stereocenters. The Morgan fingerprint density at radius 1 is 1.40 bits per heavy atom. The molecule has 2 heterocycles. The van der Waals surface area contributed by atoms with E-state index in [2.05, 4.69) is 22.4 Å². The smallest absolute Gasteiger partial charge is 0.0516 e. The van der Waals surface area contributed by atoms with Crippen molar-refractivity contribution in [2.75, 3.05) is 33.2 Å². The fourth-order valence-corrected chi connectivity index (χ4v) is 2.61. The van der Waals surface area contributed by atoms with E-state index in [1.165, 1.54) is 4.88 Å². The second-order valence-electron chi connectivity index (χ2n) is 3.86. The first kappa shape index (κ1) is 11.4. The minimum atomic E-state index is 0.843. The normalized spacial score (nSPS) is 19.6. The topological polar surface area (TPSA) is 18.5 Å². The van der Waals surface area contributed by atoms with E-state index in [1.54, 1.807) is 11.3 Å². The van der Waals surface area contributed by atoms with Crippen molar-refractivity contribution in [2.45, 2.75) is 6.54 Å². The van der Waals surface area contributed by atoms with Gasteiger partial charge in [0.05, 0.1) is 5.02 Å². The van der Waals surface area contributed by atoms with Crippen LogP contribution in [0.4, 0.5) is 0 Å². The summed E-state index contributed by atoms with van der Waals surface area (Å²) < 4.78 is 0. The highest BCUT2D eigenvalue weighted by Gasteiger charge is 2.12. The number of hydrogen-bond acceptors (Lipinski definition) is 4. The van der Waals surface area contributed by atoms with Crippen molar-refractivity contribution in [3.05, 3.63) is 21.3 Å². The lowest BCUT2D eigenvalue weighted by Crippen LogP contribution is -2.50. The molecule has 1 saturated heterocycles. The maximum atomic E-state index is 5.86. The largest absolute Gasteiger partial charge is 0.304 e. The van der Waals surface area contributed by atoms with E-state index in [1.807, 2.05) is 11.4 Å². The molecule has 0 bridgehead atoms. The van der Waals surface area contributed by atoms with Gasteiger partial charge in [-0.2, -0.15) is 0 Å². The highest BCUT2D eigenvalue weighted by molar-refractivity contribution is 7.10. The van der Waals surface area contributed by atoms with E-state index in [0.717, 1.165) is 37.7 Å². The Labute approximate surface area is 99.6 Å². The Hall–Kier alpha value is -0.130. The van der Waals surface area contributed by atoms with Crippen LogP contribution in [0.2, 0.25) is 5.02 Å². The van der Waals surface area contributed by atoms with E-state index in [9.17, 15) is 0 Å². The summed E-state index contributed by atoms with van der Waals surface area (Å²) >= 11 is 7.57. The molecule has 15 heavy (non-hydrogen) atoms. The molecule has 5 heteroatoms. The zero-order valence-corrected chi connectivity index (χ0v) is 10.4. The average molecular weight is 246 g/mol. The van der Waals surface area contributed by atoms with E-state index in [4.69, 9.17) is 11.6 Å². The number of piperazine rings is 1. The van der Waals surface area contributed by atoms with E-state index < -0.39 is 0 Å². The van der Waals surface area contributed by atoms with Crippen molar-refractivity contribution < 1.29 is 0 Å². The quantitative estimate of drug-likeness (QED) is 0.874. The highest BCUT2D eigenvalue weighted by atomic mass is 35.5. The number of nitrogens with zero attached hydrogens (tertiary/aromatic N) is 2. The second kappa shape index (κ2) is 5.27. The minimum absolute atomic E-state index is 0.843. The van der Waals surface area contributed by atoms with Crippen molar-refractivity contribution in [1.29, 1.82) is 0 Å². The molecule has 0 amide bonds. The summed E-state index contributed by atoms with van der Waals surface area (Å²) in [6, 6.07) is 2.02. The first-order valence-corrected chi connectivity index (χ1v) is 6.40. The Morgan fingerprint density at radius 2 is 2.13 bits per heavy atom. The first-order chi connectivity index (χ1) is 7.24. The Balaban J connectivity index is 1.74. The monoisotopic (exact) mass is 245 g/mol. The summed E-state index contributed by atoms with van der Waals surface area (Å²) in [6.07, 6.45) is 0. The van der Waals surface area contributed by atoms with Crippen molar-refractivity contribution >= 4 is 22.9 Å². The molecule has 1 N–H and O–H groups in total. The van der Waals surface area contributed by atoms with Crippen LogP contribution >= 0.6 is 22.9 Å². The lowest BCUT2D eigenvalue weighted by Gasteiger charge is -2.32. The standard InChI is InChI=1S/C10H16ClN3S/c1-13-2-4-14(5-3-13)12-7-10-6-9(11)8-15-10/h6,8,12H,2-5,7H2,1H3. The van der Waals surface area contributed by atoms with Crippen LogP contribution < -0.4 is 5.43 Å². The predicted molar refractivity (Wildman–Crippen MR) is 65.2 cm³/mol. The van der Waals surface area contributed by atoms with Crippen LogP contribution in [0.1, 0.15) is 4.88 Å². The molecular weight excluding hydrogens is 230 g/mol. The first-order valence-electron chi connectivity index (χ1n) is 5.14. The van der Waals surface area contributed by atoms with Crippen LogP contribution in [0.15, 0.2) is 11.4 Å². The van der Waals surface area contributed by atoms with Gasteiger partial charge in [-0.3, -0.25) is 0 Å². The van der Waals surface area contributed by atoms with Gasteiger partial charge in [-0.25, -0.2) is 10.4 Å². The summed E-state index contributed by atoms with van der Waals surface area (Å²) in [5.41, 5.74) is 3.43. The van der Waals surface area contributed by atoms with E-state index >= 15 is 0 Å². The molecule has 1 aliphatic heterocycles. The summed E-state index contributed by atoms with van der Waals surface area (Å²) in [6.45, 7) is 5.35. The van der Waals surface area contributed by atoms with Crippen LogP contribution in [0, 0.1) is 0 Å². The summed E-state index contributed by atoms with van der Waals surface area (Å²) in [7, 11) is 2.16. The molecule has 0 aromatic carbocycles. The summed E-state index contributed by atoms with van der Waals surface area (Å²) in [5, 5.41) is 5.10. The molecule has 1 aromatic rings. The average Bonchev–Trinajstić information content (AvgIpc) is 2.64. The number of hydrogen-bond donors (Lipinski definition) is 1. The molecule has 0 radical (unpaired) electrons. The maximum absolute atomic E-state index is 5.86. The van der Waals surface area contributed by atoms with Crippen molar-refractivity contribution in [3.63, 3.8) is 0 Å². The van der Waals surface area contributed by atoms with Crippen molar-refractivity contribution in [2.24, 2.45) is 0 Å². The Kier molecular flexibility index (Phi) is 3.99. The number of nitrogens with one attached hydrogen (secondary N) is 1. The van der Waals surface area contributed by atoms with Gasteiger partial charge < -0.3 is 4.90 Å². The molecule has 1 aromatic heterocycles. The third kappa shape index (κ3) is 3.43. The number of likely N-dealkylation sites (N-methyl/N-ethyl adjacent to an activating group) is 1. The van der Waals surface area contributed by atoms with Crippen LogP contribution in [-0.4, -0.2) is 43.1 Å². The SMILES string of the molecule is CN1CCN(NCc2cc(Cl)cs2)CC1. The lowest BCUT2D eigenvalue weighted by molar-refractivity contribution is 0.102. The van der Waals surface area contributed by atoms with E-state index in [-0.39, 0.29) is 0 Å². The highest BCUT2D eigenvalue weighted by Crippen LogP contribution is 2.18. The van der Waals surface area contributed by atoms with Gasteiger partial charge in [0, 0.05) is 43.0 Å². The number of hydrazine groups is 1. The minimum Gasteiger partial charge on any atom is -0.304 e.